The lowest BCUT2D eigenvalue weighted by Gasteiger charge is -2.22. The van der Waals surface area contributed by atoms with Gasteiger partial charge in [-0.15, -0.1) is 11.6 Å². The predicted molar refractivity (Wildman–Crippen MR) is 77.8 cm³/mol. The van der Waals surface area contributed by atoms with Crippen molar-refractivity contribution in [1.29, 1.82) is 0 Å². The molecule has 0 radical (unpaired) electrons. The highest BCUT2D eigenvalue weighted by Gasteiger charge is 2.28. The lowest BCUT2D eigenvalue weighted by Crippen LogP contribution is -2.30. The van der Waals surface area contributed by atoms with Gasteiger partial charge >= 0.3 is 0 Å². The third-order valence-electron chi connectivity index (χ3n) is 3.35. The third-order valence-corrected chi connectivity index (χ3v) is 3.71. The van der Waals surface area contributed by atoms with E-state index in [4.69, 9.17) is 11.6 Å². The lowest BCUT2D eigenvalue weighted by molar-refractivity contribution is -0.117. The Morgan fingerprint density at radius 1 is 1.47 bits per heavy atom. The number of amides is 1. The number of nitrogens with zero attached hydrogens (tertiary/aromatic N) is 1. The van der Waals surface area contributed by atoms with E-state index in [0.29, 0.717) is 13.0 Å². The minimum absolute atomic E-state index is 0.186. The molecule has 5 heteroatoms. The van der Waals surface area contributed by atoms with Gasteiger partial charge in [-0.25, -0.2) is 0 Å². The number of halogens is 1. The summed E-state index contributed by atoms with van der Waals surface area (Å²) in [6, 6.07) is 7.94. The second kappa shape index (κ2) is 6.26. The molecule has 104 valence electrons. The maximum atomic E-state index is 11.8. The predicted octanol–water partition coefficient (Wildman–Crippen LogP) is 2.21. The van der Waals surface area contributed by atoms with E-state index in [9.17, 15) is 9.90 Å². The van der Waals surface area contributed by atoms with Gasteiger partial charge in [0.25, 0.3) is 0 Å². The van der Waals surface area contributed by atoms with Crippen molar-refractivity contribution in [1.82, 2.24) is 0 Å². The fourth-order valence-corrected chi connectivity index (χ4v) is 2.37. The van der Waals surface area contributed by atoms with Crippen molar-refractivity contribution >= 4 is 28.9 Å². The molecule has 0 aromatic heterocycles. The number of alkyl halides is 1. The summed E-state index contributed by atoms with van der Waals surface area (Å²) in [6.45, 7) is 2.48. The van der Waals surface area contributed by atoms with E-state index in [0.717, 1.165) is 17.8 Å². The van der Waals surface area contributed by atoms with Gasteiger partial charge in [-0.05, 0) is 37.6 Å². The van der Waals surface area contributed by atoms with Gasteiger partial charge in [0, 0.05) is 30.4 Å². The van der Waals surface area contributed by atoms with E-state index in [1.54, 1.807) is 0 Å². The topological polar surface area (TPSA) is 52.6 Å². The van der Waals surface area contributed by atoms with Gasteiger partial charge in [0.15, 0.2) is 0 Å². The van der Waals surface area contributed by atoms with E-state index in [1.807, 2.05) is 29.2 Å². The summed E-state index contributed by atoms with van der Waals surface area (Å²) in [5.41, 5.74) is 1.84. The summed E-state index contributed by atoms with van der Waals surface area (Å²) in [6.07, 6.45) is 0.991. The fourth-order valence-electron chi connectivity index (χ4n) is 2.26. The molecule has 19 heavy (non-hydrogen) atoms. The van der Waals surface area contributed by atoms with Crippen LogP contribution in [0.3, 0.4) is 0 Å². The highest BCUT2D eigenvalue weighted by atomic mass is 35.5. The van der Waals surface area contributed by atoms with Crippen LogP contribution in [-0.2, 0) is 4.79 Å². The normalized spacial score (nSPS) is 20.7. The monoisotopic (exact) mass is 282 g/mol. The van der Waals surface area contributed by atoms with Gasteiger partial charge in [0.2, 0.25) is 5.91 Å². The number of benzene rings is 1. The first kappa shape index (κ1) is 14.2. The zero-order chi connectivity index (χ0) is 13.8. The third kappa shape index (κ3) is 3.39. The Morgan fingerprint density at radius 3 is 2.68 bits per heavy atom. The van der Waals surface area contributed by atoms with Crippen molar-refractivity contribution in [2.75, 3.05) is 22.6 Å². The van der Waals surface area contributed by atoms with E-state index in [2.05, 4.69) is 12.2 Å². The van der Waals surface area contributed by atoms with E-state index in [-0.39, 0.29) is 17.8 Å². The Labute approximate surface area is 118 Å². The molecular weight excluding hydrogens is 264 g/mol. The van der Waals surface area contributed by atoms with Crippen molar-refractivity contribution in [3.05, 3.63) is 24.3 Å². The Kier molecular flexibility index (Phi) is 4.66. The minimum atomic E-state index is -0.554. The van der Waals surface area contributed by atoms with Crippen LogP contribution < -0.4 is 10.2 Å². The Morgan fingerprint density at radius 2 is 2.16 bits per heavy atom. The summed E-state index contributed by atoms with van der Waals surface area (Å²) in [5, 5.41) is 12.5. The maximum absolute atomic E-state index is 11.8. The first-order valence-corrected chi connectivity index (χ1v) is 7.05. The molecule has 1 amide bonds. The van der Waals surface area contributed by atoms with Crippen molar-refractivity contribution in [2.45, 2.75) is 31.9 Å². The Hall–Kier alpha value is -1.26. The SMILES string of the molecule is CC1CCC(=O)N1c1ccc(NCC(O)CCl)cc1. The molecule has 2 atom stereocenters. The number of nitrogens with one attached hydrogen (secondary N) is 1. The molecule has 0 saturated carbocycles. The number of rotatable bonds is 5. The fraction of sp³-hybridized carbons (Fsp3) is 0.500. The molecule has 0 spiro atoms. The number of hydrogen-bond acceptors (Lipinski definition) is 3. The highest BCUT2D eigenvalue weighted by molar-refractivity contribution is 6.18. The van der Waals surface area contributed by atoms with Crippen LogP contribution in [0.2, 0.25) is 0 Å². The van der Waals surface area contributed by atoms with Gasteiger partial charge < -0.3 is 15.3 Å². The lowest BCUT2D eigenvalue weighted by atomic mass is 10.2. The van der Waals surface area contributed by atoms with Gasteiger partial charge in [-0.1, -0.05) is 0 Å². The standard InChI is InChI=1S/C14H19ClN2O2/c1-10-2-7-14(19)17(10)12-5-3-11(4-6-12)16-9-13(18)8-15/h3-6,10,13,16,18H,2,7-9H2,1H3. The Bertz CT molecular complexity index is 436. The summed E-state index contributed by atoms with van der Waals surface area (Å²) >= 11 is 5.53. The average molecular weight is 283 g/mol. The van der Waals surface area contributed by atoms with Crippen LogP contribution in [0.4, 0.5) is 11.4 Å². The zero-order valence-corrected chi connectivity index (χ0v) is 11.7. The highest BCUT2D eigenvalue weighted by Crippen LogP contribution is 2.27. The molecule has 1 fully saturated rings. The molecular formula is C14H19ClN2O2. The molecule has 1 aliphatic heterocycles. The van der Waals surface area contributed by atoms with Crippen LogP contribution >= 0.6 is 11.6 Å². The molecule has 1 saturated heterocycles. The van der Waals surface area contributed by atoms with E-state index < -0.39 is 6.10 Å². The summed E-state index contributed by atoms with van der Waals surface area (Å²) in [5.74, 6) is 0.399. The molecule has 1 aromatic carbocycles. The molecule has 2 N–H and O–H groups in total. The molecule has 2 unspecified atom stereocenters. The first-order valence-electron chi connectivity index (χ1n) is 6.52. The molecule has 0 bridgehead atoms. The van der Waals surface area contributed by atoms with Crippen LogP contribution in [0.5, 0.6) is 0 Å². The smallest absolute Gasteiger partial charge is 0.227 e. The van der Waals surface area contributed by atoms with Crippen LogP contribution in [0.15, 0.2) is 24.3 Å². The number of aliphatic hydroxyl groups excluding tert-OH is 1. The zero-order valence-electron chi connectivity index (χ0n) is 11.0. The number of aliphatic hydroxyl groups is 1. The Balaban J connectivity index is 2.00. The maximum Gasteiger partial charge on any atom is 0.227 e. The molecule has 2 rings (SSSR count). The van der Waals surface area contributed by atoms with Crippen LogP contribution in [0.1, 0.15) is 19.8 Å². The number of carbonyl (C=O) groups is 1. The van der Waals surface area contributed by atoms with Crippen molar-refractivity contribution in [2.24, 2.45) is 0 Å². The van der Waals surface area contributed by atoms with Crippen molar-refractivity contribution in [3.63, 3.8) is 0 Å². The molecule has 4 nitrogen and oxygen atoms in total. The van der Waals surface area contributed by atoms with Gasteiger partial charge in [-0.3, -0.25) is 4.79 Å². The van der Waals surface area contributed by atoms with Gasteiger partial charge in [0.1, 0.15) is 0 Å². The first-order chi connectivity index (χ1) is 9.11. The summed E-state index contributed by atoms with van der Waals surface area (Å²) in [4.78, 5) is 13.6. The van der Waals surface area contributed by atoms with Gasteiger partial charge in [-0.2, -0.15) is 0 Å². The second-order valence-electron chi connectivity index (χ2n) is 4.89. The largest absolute Gasteiger partial charge is 0.390 e. The second-order valence-corrected chi connectivity index (χ2v) is 5.20. The minimum Gasteiger partial charge on any atom is -0.390 e. The average Bonchev–Trinajstić information content (AvgIpc) is 2.76. The molecule has 1 heterocycles. The van der Waals surface area contributed by atoms with Crippen LogP contribution in [0, 0.1) is 0 Å². The summed E-state index contributed by atoms with van der Waals surface area (Å²) < 4.78 is 0. The van der Waals surface area contributed by atoms with Crippen molar-refractivity contribution in [3.8, 4) is 0 Å². The summed E-state index contributed by atoms with van der Waals surface area (Å²) in [7, 11) is 0. The molecule has 1 aromatic rings. The number of carbonyl (C=O) groups excluding carboxylic acids is 1. The van der Waals surface area contributed by atoms with E-state index in [1.165, 1.54) is 0 Å². The van der Waals surface area contributed by atoms with Crippen LogP contribution in [0.25, 0.3) is 0 Å². The molecule has 0 aliphatic carbocycles. The van der Waals surface area contributed by atoms with Crippen molar-refractivity contribution < 1.29 is 9.90 Å². The quantitative estimate of drug-likeness (QED) is 0.814. The van der Waals surface area contributed by atoms with Crippen LogP contribution in [-0.4, -0.2) is 35.6 Å². The number of anilines is 2. The van der Waals surface area contributed by atoms with Gasteiger partial charge in [0.05, 0.1) is 12.0 Å². The number of hydrogen-bond donors (Lipinski definition) is 2. The van der Waals surface area contributed by atoms with E-state index >= 15 is 0 Å². The molecule has 1 aliphatic rings.